The largest absolute Gasteiger partial charge is 0.396 e. The van der Waals surface area contributed by atoms with E-state index in [2.05, 4.69) is 62.4 Å². The van der Waals surface area contributed by atoms with E-state index < -0.39 is 0 Å². The summed E-state index contributed by atoms with van der Waals surface area (Å²) in [4.78, 5) is 0. The zero-order valence-corrected chi connectivity index (χ0v) is 11.1. The molecular formula is C17H20O. The Morgan fingerprint density at radius 3 is 2.28 bits per heavy atom. The molecule has 1 N–H and O–H groups in total. The van der Waals surface area contributed by atoms with Crippen LogP contribution in [0.3, 0.4) is 0 Å². The minimum absolute atomic E-state index is 0.204. The fourth-order valence-electron chi connectivity index (χ4n) is 2.11. The minimum atomic E-state index is 0.204. The second-order valence-electron chi connectivity index (χ2n) is 4.95. The van der Waals surface area contributed by atoms with Crippen LogP contribution in [0.15, 0.2) is 48.5 Å². The summed E-state index contributed by atoms with van der Waals surface area (Å²) in [5.74, 6) is 0.547. The molecule has 0 spiro atoms. The number of hydrogen-bond donors (Lipinski definition) is 1. The Balaban J connectivity index is 2.35. The van der Waals surface area contributed by atoms with Crippen LogP contribution in [0.4, 0.5) is 0 Å². The Labute approximate surface area is 109 Å². The molecule has 0 unspecified atom stereocenters. The standard InChI is InChI=1S/C17H20O/c1-13(2)15-6-4-8-17(12-15)16-7-3-5-14(11-16)9-10-18/h3-8,11-13,18H,9-10H2,1-2H3. The molecule has 2 aromatic carbocycles. The molecule has 0 aliphatic rings. The average Bonchev–Trinajstić information content (AvgIpc) is 2.39. The highest BCUT2D eigenvalue weighted by molar-refractivity contribution is 5.65. The van der Waals surface area contributed by atoms with Gasteiger partial charge in [-0.05, 0) is 34.6 Å². The van der Waals surface area contributed by atoms with Crippen LogP contribution < -0.4 is 0 Å². The summed E-state index contributed by atoms with van der Waals surface area (Å²) in [6, 6.07) is 17.1. The van der Waals surface area contributed by atoms with E-state index in [1.54, 1.807) is 0 Å². The van der Waals surface area contributed by atoms with Crippen LogP contribution in [0.5, 0.6) is 0 Å². The van der Waals surface area contributed by atoms with Gasteiger partial charge in [-0.2, -0.15) is 0 Å². The van der Waals surface area contributed by atoms with Gasteiger partial charge >= 0.3 is 0 Å². The van der Waals surface area contributed by atoms with Gasteiger partial charge in [-0.25, -0.2) is 0 Å². The van der Waals surface area contributed by atoms with Gasteiger partial charge in [0, 0.05) is 6.61 Å². The molecule has 0 aliphatic heterocycles. The highest BCUT2D eigenvalue weighted by atomic mass is 16.2. The van der Waals surface area contributed by atoms with Gasteiger partial charge in [0.05, 0.1) is 0 Å². The normalized spacial score (nSPS) is 10.9. The fourth-order valence-corrected chi connectivity index (χ4v) is 2.11. The van der Waals surface area contributed by atoms with E-state index >= 15 is 0 Å². The van der Waals surface area contributed by atoms with Crippen LogP contribution in [0.1, 0.15) is 30.9 Å². The van der Waals surface area contributed by atoms with E-state index in [4.69, 9.17) is 5.11 Å². The van der Waals surface area contributed by atoms with Crippen LogP contribution in [-0.4, -0.2) is 11.7 Å². The van der Waals surface area contributed by atoms with Gasteiger partial charge in [-0.15, -0.1) is 0 Å². The monoisotopic (exact) mass is 240 g/mol. The van der Waals surface area contributed by atoms with Crippen molar-refractivity contribution in [3.63, 3.8) is 0 Å². The number of rotatable bonds is 4. The lowest BCUT2D eigenvalue weighted by Gasteiger charge is -2.09. The van der Waals surface area contributed by atoms with Gasteiger partial charge in [0.2, 0.25) is 0 Å². The van der Waals surface area contributed by atoms with Gasteiger partial charge < -0.3 is 5.11 Å². The Morgan fingerprint density at radius 2 is 1.61 bits per heavy atom. The van der Waals surface area contributed by atoms with Gasteiger partial charge in [-0.1, -0.05) is 62.4 Å². The first-order chi connectivity index (χ1) is 8.70. The zero-order chi connectivity index (χ0) is 13.0. The second-order valence-corrected chi connectivity index (χ2v) is 4.95. The molecule has 0 aliphatic carbocycles. The van der Waals surface area contributed by atoms with Gasteiger partial charge in [0.1, 0.15) is 0 Å². The predicted octanol–water partition coefficient (Wildman–Crippen LogP) is 4.01. The third-order valence-electron chi connectivity index (χ3n) is 3.21. The molecule has 0 fully saturated rings. The van der Waals surface area contributed by atoms with Crippen LogP contribution >= 0.6 is 0 Å². The quantitative estimate of drug-likeness (QED) is 0.856. The maximum absolute atomic E-state index is 9.00. The smallest absolute Gasteiger partial charge is 0.0471 e. The van der Waals surface area contributed by atoms with Crippen LogP contribution in [0.25, 0.3) is 11.1 Å². The molecule has 0 saturated heterocycles. The molecule has 18 heavy (non-hydrogen) atoms. The maximum atomic E-state index is 9.00. The van der Waals surface area contributed by atoms with Crippen LogP contribution in [0, 0.1) is 0 Å². The molecule has 94 valence electrons. The van der Waals surface area contributed by atoms with Gasteiger partial charge in [-0.3, -0.25) is 0 Å². The summed E-state index contributed by atoms with van der Waals surface area (Å²) in [5.41, 5.74) is 5.02. The Hall–Kier alpha value is -1.60. The zero-order valence-electron chi connectivity index (χ0n) is 11.1. The van der Waals surface area contributed by atoms with Crippen LogP contribution in [0.2, 0.25) is 0 Å². The molecule has 1 nitrogen and oxygen atoms in total. The Kier molecular flexibility index (Phi) is 4.16. The van der Waals surface area contributed by atoms with E-state index in [9.17, 15) is 0 Å². The summed E-state index contributed by atoms with van der Waals surface area (Å²) >= 11 is 0. The van der Waals surface area contributed by atoms with Crippen molar-refractivity contribution in [1.82, 2.24) is 0 Å². The first kappa shape index (κ1) is 12.8. The van der Waals surface area contributed by atoms with Gasteiger partial charge in [0.25, 0.3) is 0 Å². The lowest BCUT2D eigenvalue weighted by Crippen LogP contribution is -1.91. The highest BCUT2D eigenvalue weighted by Crippen LogP contribution is 2.24. The first-order valence-corrected chi connectivity index (χ1v) is 6.51. The average molecular weight is 240 g/mol. The van der Waals surface area contributed by atoms with Crippen molar-refractivity contribution in [1.29, 1.82) is 0 Å². The van der Waals surface area contributed by atoms with Gasteiger partial charge in [0.15, 0.2) is 0 Å². The number of aliphatic hydroxyl groups is 1. The molecule has 2 aromatic rings. The molecule has 0 radical (unpaired) electrons. The number of aliphatic hydroxyl groups excluding tert-OH is 1. The lowest BCUT2D eigenvalue weighted by molar-refractivity contribution is 0.299. The van der Waals surface area contributed by atoms with Crippen molar-refractivity contribution >= 4 is 0 Å². The summed E-state index contributed by atoms with van der Waals surface area (Å²) in [6.45, 7) is 4.62. The molecule has 0 bridgehead atoms. The first-order valence-electron chi connectivity index (χ1n) is 6.51. The highest BCUT2D eigenvalue weighted by Gasteiger charge is 2.03. The van der Waals surface area contributed by atoms with E-state index in [-0.39, 0.29) is 6.61 Å². The summed E-state index contributed by atoms with van der Waals surface area (Å²) in [7, 11) is 0. The van der Waals surface area contributed by atoms with Crippen LogP contribution in [-0.2, 0) is 6.42 Å². The third-order valence-corrected chi connectivity index (χ3v) is 3.21. The third kappa shape index (κ3) is 2.99. The Morgan fingerprint density at radius 1 is 0.944 bits per heavy atom. The lowest BCUT2D eigenvalue weighted by atomic mass is 9.96. The number of hydrogen-bond acceptors (Lipinski definition) is 1. The van der Waals surface area contributed by atoms with E-state index in [1.165, 1.54) is 22.3 Å². The van der Waals surface area contributed by atoms with E-state index in [0.29, 0.717) is 5.92 Å². The second kappa shape index (κ2) is 5.83. The molecule has 2 rings (SSSR count). The van der Waals surface area contributed by atoms with Crippen molar-refractivity contribution in [3.8, 4) is 11.1 Å². The maximum Gasteiger partial charge on any atom is 0.0471 e. The molecular weight excluding hydrogens is 220 g/mol. The van der Waals surface area contributed by atoms with E-state index in [0.717, 1.165) is 6.42 Å². The SMILES string of the molecule is CC(C)c1cccc(-c2cccc(CCO)c2)c1. The predicted molar refractivity (Wildman–Crippen MR) is 76.8 cm³/mol. The molecule has 0 heterocycles. The molecule has 0 saturated carbocycles. The molecule has 1 heteroatoms. The van der Waals surface area contributed by atoms with Crippen molar-refractivity contribution in [3.05, 3.63) is 59.7 Å². The van der Waals surface area contributed by atoms with Crippen molar-refractivity contribution in [2.45, 2.75) is 26.2 Å². The number of benzene rings is 2. The molecule has 0 aromatic heterocycles. The minimum Gasteiger partial charge on any atom is -0.396 e. The molecule has 0 amide bonds. The topological polar surface area (TPSA) is 20.2 Å². The summed E-state index contributed by atoms with van der Waals surface area (Å²) in [6.07, 6.45) is 0.720. The Bertz CT molecular complexity index is 515. The summed E-state index contributed by atoms with van der Waals surface area (Å²) < 4.78 is 0. The molecule has 0 atom stereocenters. The van der Waals surface area contributed by atoms with Crippen molar-refractivity contribution in [2.75, 3.05) is 6.61 Å². The van der Waals surface area contributed by atoms with Crippen molar-refractivity contribution < 1.29 is 5.11 Å². The van der Waals surface area contributed by atoms with Crippen molar-refractivity contribution in [2.24, 2.45) is 0 Å². The summed E-state index contributed by atoms with van der Waals surface area (Å²) in [5, 5.41) is 9.00. The van der Waals surface area contributed by atoms with E-state index in [1.807, 2.05) is 0 Å². The fraction of sp³-hybridized carbons (Fsp3) is 0.294.